The first-order valence-corrected chi connectivity index (χ1v) is 10.1. The van der Waals surface area contributed by atoms with Crippen LogP contribution >= 0.6 is 0 Å². The number of ether oxygens (including phenoxy) is 1. The van der Waals surface area contributed by atoms with Gasteiger partial charge in [-0.25, -0.2) is 0 Å². The number of likely N-dealkylation sites (tertiary alicyclic amines) is 1. The van der Waals surface area contributed by atoms with Crippen LogP contribution in [0.3, 0.4) is 0 Å². The van der Waals surface area contributed by atoms with Crippen molar-refractivity contribution in [2.24, 2.45) is 0 Å². The standard InChI is InChI=1S/C23H29N3O3/c1-17(27)25-19-11-9-18(10-12-19)15-23(28)24-16-21(26-13-5-6-14-26)20-7-3-4-8-22(20)29-2/h3-4,7-12,21H,5-6,13-16H2,1-2H3,(H,24,28)(H,25,27). The quantitative estimate of drug-likeness (QED) is 0.720. The second-order valence-electron chi connectivity index (χ2n) is 7.36. The molecule has 1 atom stereocenters. The van der Waals surface area contributed by atoms with Gasteiger partial charge in [0, 0.05) is 24.7 Å². The molecule has 0 aromatic heterocycles. The van der Waals surface area contributed by atoms with Crippen molar-refractivity contribution in [2.75, 3.05) is 32.1 Å². The van der Waals surface area contributed by atoms with Crippen LogP contribution in [0.1, 0.15) is 36.9 Å². The molecule has 2 aromatic carbocycles. The van der Waals surface area contributed by atoms with E-state index in [1.165, 1.54) is 19.8 Å². The van der Waals surface area contributed by atoms with Crippen LogP contribution in [0.25, 0.3) is 0 Å². The summed E-state index contributed by atoms with van der Waals surface area (Å²) in [4.78, 5) is 26.1. The summed E-state index contributed by atoms with van der Waals surface area (Å²) in [6, 6.07) is 15.5. The smallest absolute Gasteiger partial charge is 0.224 e. The van der Waals surface area contributed by atoms with Crippen LogP contribution < -0.4 is 15.4 Å². The molecule has 1 heterocycles. The van der Waals surface area contributed by atoms with Gasteiger partial charge in [0.05, 0.1) is 19.6 Å². The Labute approximate surface area is 172 Å². The lowest BCUT2D eigenvalue weighted by atomic mass is 10.0. The third-order valence-electron chi connectivity index (χ3n) is 5.21. The Morgan fingerprint density at radius 3 is 2.41 bits per heavy atom. The number of rotatable bonds is 8. The predicted octanol–water partition coefficient (Wildman–Crippen LogP) is 3.15. The molecule has 2 N–H and O–H groups in total. The lowest BCUT2D eigenvalue weighted by molar-refractivity contribution is -0.120. The molecule has 1 aliphatic heterocycles. The minimum Gasteiger partial charge on any atom is -0.496 e. The van der Waals surface area contributed by atoms with E-state index in [0.717, 1.165) is 35.7 Å². The van der Waals surface area contributed by atoms with Crippen LogP contribution in [0.4, 0.5) is 5.69 Å². The minimum absolute atomic E-state index is 0.0172. The molecule has 6 heteroatoms. The minimum atomic E-state index is -0.111. The number of nitrogens with zero attached hydrogens (tertiary/aromatic N) is 1. The Morgan fingerprint density at radius 2 is 1.76 bits per heavy atom. The summed E-state index contributed by atoms with van der Waals surface area (Å²) < 4.78 is 5.56. The Morgan fingerprint density at radius 1 is 1.07 bits per heavy atom. The van der Waals surface area contributed by atoms with E-state index in [4.69, 9.17) is 4.74 Å². The molecule has 0 aliphatic carbocycles. The van der Waals surface area contributed by atoms with Gasteiger partial charge in [0.25, 0.3) is 0 Å². The maximum Gasteiger partial charge on any atom is 0.224 e. The first-order chi connectivity index (χ1) is 14.1. The van der Waals surface area contributed by atoms with Crippen LogP contribution in [0, 0.1) is 0 Å². The molecule has 0 radical (unpaired) electrons. The fraction of sp³-hybridized carbons (Fsp3) is 0.391. The van der Waals surface area contributed by atoms with Gasteiger partial charge in [-0.3, -0.25) is 14.5 Å². The maximum absolute atomic E-state index is 12.5. The largest absolute Gasteiger partial charge is 0.496 e. The number of para-hydroxylation sites is 1. The molecule has 2 amide bonds. The number of nitrogens with one attached hydrogen (secondary N) is 2. The summed E-state index contributed by atoms with van der Waals surface area (Å²) in [5.74, 6) is 0.725. The fourth-order valence-corrected chi connectivity index (χ4v) is 3.80. The molecule has 2 aromatic rings. The summed E-state index contributed by atoms with van der Waals surface area (Å²) in [6.45, 7) is 4.08. The first-order valence-electron chi connectivity index (χ1n) is 10.1. The van der Waals surface area contributed by atoms with E-state index in [2.05, 4.69) is 21.6 Å². The number of hydrogen-bond donors (Lipinski definition) is 2. The second-order valence-corrected chi connectivity index (χ2v) is 7.36. The molecule has 6 nitrogen and oxygen atoms in total. The lowest BCUT2D eigenvalue weighted by Gasteiger charge is -2.29. The van der Waals surface area contributed by atoms with E-state index in [0.29, 0.717) is 13.0 Å². The molecule has 1 fully saturated rings. The summed E-state index contributed by atoms with van der Waals surface area (Å²) >= 11 is 0. The van der Waals surface area contributed by atoms with Gasteiger partial charge in [0.2, 0.25) is 11.8 Å². The van der Waals surface area contributed by atoms with Crippen molar-refractivity contribution in [2.45, 2.75) is 32.2 Å². The summed E-state index contributed by atoms with van der Waals surface area (Å²) in [5.41, 5.74) is 2.75. The number of methoxy groups -OCH3 is 1. The van der Waals surface area contributed by atoms with E-state index < -0.39 is 0 Å². The van der Waals surface area contributed by atoms with Crippen LogP contribution in [0.2, 0.25) is 0 Å². The van der Waals surface area contributed by atoms with Gasteiger partial charge in [-0.2, -0.15) is 0 Å². The van der Waals surface area contributed by atoms with Crippen molar-refractivity contribution in [3.63, 3.8) is 0 Å². The van der Waals surface area contributed by atoms with Crippen molar-refractivity contribution in [3.05, 3.63) is 59.7 Å². The van der Waals surface area contributed by atoms with Crippen LogP contribution in [-0.4, -0.2) is 43.5 Å². The molecular weight excluding hydrogens is 366 g/mol. The van der Waals surface area contributed by atoms with Gasteiger partial charge in [-0.05, 0) is 49.7 Å². The summed E-state index contributed by atoms with van der Waals surface area (Å²) in [7, 11) is 1.68. The Bertz CT molecular complexity index is 830. The van der Waals surface area contributed by atoms with Crippen molar-refractivity contribution in [1.82, 2.24) is 10.2 Å². The zero-order valence-electron chi connectivity index (χ0n) is 17.1. The number of anilines is 1. The molecule has 0 bridgehead atoms. The van der Waals surface area contributed by atoms with Crippen molar-refractivity contribution in [3.8, 4) is 5.75 Å². The van der Waals surface area contributed by atoms with Crippen molar-refractivity contribution >= 4 is 17.5 Å². The first kappa shape index (κ1) is 20.9. The summed E-state index contributed by atoms with van der Waals surface area (Å²) in [6.07, 6.45) is 2.67. The number of carbonyl (C=O) groups excluding carboxylic acids is 2. The Balaban J connectivity index is 1.63. The molecule has 29 heavy (non-hydrogen) atoms. The molecule has 1 unspecified atom stereocenters. The summed E-state index contributed by atoms with van der Waals surface area (Å²) in [5, 5.41) is 5.83. The second kappa shape index (κ2) is 10.1. The van der Waals surface area contributed by atoms with Gasteiger partial charge in [0.15, 0.2) is 0 Å². The highest BCUT2D eigenvalue weighted by Gasteiger charge is 2.26. The SMILES string of the molecule is COc1ccccc1C(CNC(=O)Cc1ccc(NC(C)=O)cc1)N1CCCC1. The topological polar surface area (TPSA) is 70.7 Å². The van der Waals surface area contributed by atoms with Gasteiger partial charge >= 0.3 is 0 Å². The van der Waals surface area contributed by atoms with Gasteiger partial charge in [-0.1, -0.05) is 30.3 Å². The maximum atomic E-state index is 12.5. The lowest BCUT2D eigenvalue weighted by Crippen LogP contribution is -2.37. The molecule has 0 spiro atoms. The highest BCUT2D eigenvalue weighted by atomic mass is 16.5. The third-order valence-corrected chi connectivity index (χ3v) is 5.21. The molecule has 1 aliphatic rings. The molecule has 0 saturated carbocycles. The van der Waals surface area contributed by atoms with E-state index in [1.807, 2.05) is 42.5 Å². The normalized spacial score (nSPS) is 15.0. The highest BCUT2D eigenvalue weighted by Crippen LogP contribution is 2.31. The molecule has 3 rings (SSSR count). The van der Waals surface area contributed by atoms with E-state index in [-0.39, 0.29) is 17.9 Å². The number of carbonyl (C=O) groups is 2. The van der Waals surface area contributed by atoms with E-state index in [1.54, 1.807) is 7.11 Å². The van der Waals surface area contributed by atoms with E-state index >= 15 is 0 Å². The van der Waals surface area contributed by atoms with E-state index in [9.17, 15) is 9.59 Å². The van der Waals surface area contributed by atoms with Gasteiger partial charge in [0.1, 0.15) is 5.75 Å². The highest BCUT2D eigenvalue weighted by molar-refractivity contribution is 5.88. The number of hydrogen-bond acceptors (Lipinski definition) is 4. The Hall–Kier alpha value is -2.86. The molecule has 1 saturated heterocycles. The van der Waals surface area contributed by atoms with Crippen LogP contribution in [-0.2, 0) is 16.0 Å². The van der Waals surface area contributed by atoms with Crippen molar-refractivity contribution in [1.29, 1.82) is 0 Å². The van der Waals surface area contributed by atoms with Crippen molar-refractivity contribution < 1.29 is 14.3 Å². The zero-order valence-corrected chi connectivity index (χ0v) is 17.1. The number of amides is 2. The van der Waals surface area contributed by atoms with Crippen LogP contribution in [0.15, 0.2) is 48.5 Å². The number of benzene rings is 2. The predicted molar refractivity (Wildman–Crippen MR) is 114 cm³/mol. The van der Waals surface area contributed by atoms with Gasteiger partial charge < -0.3 is 15.4 Å². The average Bonchev–Trinajstić information content (AvgIpc) is 3.24. The van der Waals surface area contributed by atoms with Gasteiger partial charge in [-0.15, -0.1) is 0 Å². The zero-order chi connectivity index (χ0) is 20.6. The fourth-order valence-electron chi connectivity index (χ4n) is 3.80. The monoisotopic (exact) mass is 395 g/mol. The Kier molecular flexibility index (Phi) is 7.25. The third kappa shape index (κ3) is 5.81. The molecular formula is C23H29N3O3. The average molecular weight is 396 g/mol. The molecule has 154 valence electrons. The van der Waals surface area contributed by atoms with Crippen LogP contribution in [0.5, 0.6) is 5.75 Å².